The van der Waals surface area contributed by atoms with Gasteiger partial charge in [0, 0.05) is 21.1 Å². The molecule has 2 aromatic carbocycles. The average molecular weight is 348 g/mol. The third-order valence-electron chi connectivity index (χ3n) is 3.23. The molecule has 4 heteroatoms. The summed E-state index contributed by atoms with van der Waals surface area (Å²) in [5.41, 5.74) is 9.27. The molecular weight excluding hydrogens is 336 g/mol. The zero-order valence-corrected chi connectivity index (χ0v) is 12.9. The average Bonchev–Trinajstić information content (AvgIpc) is 2.45. The molecule has 2 nitrogen and oxygen atoms in total. The van der Waals surface area contributed by atoms with E-state index in [0.717, 1.165) is 26.5 Å². The lowest BCUT2D eigenvalue weighted by atomic mass is 9.98. The number of fused-ring (bicyclic) bond motifs is 1. The molecule has 0 aliphatic carbocycles. The van der Waals surface area contributed by atoms with Crippen LogP contribution in [-0.4, -0.2) is 4.98 Å². The number of pyridine rings is 1. The number of nitrogens with two attached hydrogens (primary N) is 1. The van der Waals surface area contributed by atoms with E-state index in [-0.39, 0.29) is 6.04 Å². The Morgan fingerprint density at radius 1 is 1.05 bits per heavy atom. The van der Waals surface area contributed by atoms with E-state index in [1.165, 1.54) is 0 Å². The van der Waals surface area contributed by atoms with E-state index in [1.807, 2.05) is 48.5 Å². The van der Waals surface area contributed by atoms with Crippen LogP contribution in [0.15, 0.2) is 59.2 Å². The van der Waals surface area contributed by atoms with E-state index in [4.69, 9.17) is 17.3 Å². The number of halogens is 2. The van der Waals surface area contributed by atoms with Gasteiger partial charge in [0.25, 0.3) is 0 Å². The van der Waals surface area contributed by atoms with Gasteiger partial charge in [-0.1, -0.05) is 45.7 Å². The van der Waals surface area contributed by atoms with Crippen molar-refractivity contribution in [2.75, 3.05) is 0 Å². The maximum atomic E-state index is 6.34. The molecule has 0 aliphatic rings. The Balaban J connectivity index is 2.05. The molecule has 0 radical (unpaired) electrons. The topological polar surface area (TPSA) is 38.9 Å². The molecule has 1 heterocycles. The Labute approximate surface area is 130 Å². The highest BCUT2D eigenvalue weighted by molar-refractivity contribution is 9.10. The van der Waals surface area contributed by atoms with Crippen LogP contribution < -0.4 is 5.73 Å². The zero-order chi connectivity index (χ0) is 14.1. The molecule has 100 valence electrons. The quantitative estimate of drug-likeness (QED) is 0.730. The minimum Gasteiger partial charge on any atom is -0.320 e. The molecule has 1 atom stereocenters. The number of hydrogen-bond acceptors (Lipinski definition) is 2. The molecule has 1 aromatic heterocycles. The summed E-state index contributed by atoms with van der Waals surface area (Å²) in [7, 11) is 0. The van der Waals surface area contributed by atoms with Crippen LogP contribution in [0.4, 0.5) is 0 Å². The van der Waals surface area contributed by atoms with Crippen LogP contribution in [0.2, 0.25) is 5.02 Å². The summed E-state index contributed by atoms with van der Waals surface area (Å²) in [5.74, 6) is 0. The third-order valence-corrected chi connectivity index (χ3v) is 3.91. The van der Waals surface area contributed by atoms with Crippen molar-refractivity contribution in [2.24, 2.45) is 5.73 Å². The van der Waals surface area contributed by atoms with Gasteiger partial charge in [-0.25, -0.2) is 0 Å². The van der Waals surface area contributed by atoms with Crippen molar-refractivity contribution in [1.29, 1.82) is 0 Å². The van der Waals surface area contributed by atoms with Gasteiger partial charge in [-0.2, -0.15) is 0 Å². The Morgan fingerprint density at radius 3 is 2.70 bits per heavy atom. The lowest BCUT2D eigenvalue weighted by Crippen LogP contribution is -2.11. The van der Waals surface area contributed by atoms with Gasteiger partial charge in [-0.05, 0) is 41.5 Å². The van der Waals surface area contributed by atoms with Crippen LogP contribution in [-0.2, 0) is 0 Å². The second-order valence-electron chi connectivity index (χ2n) is 4.64. The van der Waals surface area contributed by atoms with Crippen molar-refractivity contribution in [2.45, 2.75) is 6.04 Å². The third kappa shape index (κ3) is 2.70. The van der Waals surface area contributed by atoms with Gasteiger partial charge in [0.1, 0.15) is 0 Å². The number of hydrogen-bond donors (Lipinski definition) is 1. The van der Waals surface area contributed by atoms with Crippen molar-refractivity contribution >= 4 is 38.4 Å². The number of nitrogens with zero attached hydrogens (tertiary/aromatic N) is 1. The summed E-state index contributed by atoms with van der Waals surface area (Å²) in [6.07, 6.45) is 1.79. The Hall–Kier alpha value is -1.42. The van der Waals surface area contributed by atoms with Crippen LogP contribution in [0, 0.1) is 0 Å². The van der Waals surface area contributed by atoms with Crippen LogP contribution in [0.5, 0.6) is 0 Å². The molecule has 0 bridgehead atoms. The minimum absolute atomic E-state index is 0.226. The number of benzene rings is 2. The lowest BCUT2D eigenvalue weighted by molar-refractivity contribution is 0.872. The van der Waals surface area contributed by atoms with Crippen LogP contribution >= 0.6 is 27.5 Å². The first kappa shape index (κ1) is 13.6. The van der Waals surface area contributed by atoms with E-state index in [2.05, 4.69) is 20.9 Å². The van der Waals surface area contributed by atoms with Crippen molar-refractivity contribution < 1.29 is 0 Å². The predicted octanol–water partition coefficient (Wildman–Crippen LogP) is 4.70. The molecule has 20 heavy (non-hydrogen) atoms. The van der Waals surface area contributed by atoms with Crippen molar-refractivity contribution in [3.8, 4) is 0 Å². The van der Waals surface area contributed by atoms with Gasteiger partial charge >= 0.3 is 0 Å². The number of aromatic nitrogens is 1. The maximum absolute atomic E-state index is 6.34. The summed E-state index contributed by atoms with van der Waals surface area (Å²) in [6, 6.07) is 15.5. The molecule has 2 N–H and O–H groups in total. The molecule has 0 saturated carbocycles. The molecule has 0 amide bonds. The maximum Gasteiger partial charge on any atom is 0.0705 e. The fourth-order valence-electron chi connectivity index (χ4n) is 2.22. The highest BCUT2D eigenvalue weighted by atomic mass is 79.9. The Bertz CT molecular complexity index is 753. The van der Waals surface area contributed by atoms with Gasteiger partial charge in [-0.3, -0.25) is 4.98 Å². The summed E-state index contributed by atoms with van der Waals surface area (Å²) >= 11 is 9.52. The van der Waals surface area contributed by atoms with Gasteiger partial charge in [0.15, 0.2) is 0 Å². The standard InChI is InChI=1S/C16H12BrClN2/c17-13-6-12(7-14(18)9-13)16(19)11-4-3-10-2-1-5-20-15(10)8-11/h1-9,16H,19H2. The minimum atomic E-state index is -0.226. The van der Waals surface area contributed by atoms with Gasteiger partial charge in [0.2, 0.25) is 0 Å². The smallest absolute Gasteiger partial charge is 0.0705 e. The van der Waals surface area contributed by atoms with Crippen molar-refractivity contribution in [1.82, 2.24) is 4.98 Å². The van der Waals surface area contributed by atoms with E-state index in [0.29, 0.717) is 5.02 Å². The highest BCUT2D eigenvalue weighted by Crippen LogP contribution is 2.27. The van der Waals surface area contributed by atoms with E-state index < -0.39 is 0 Å². The molecule has 1 unspecified atom stereocenters. The first-order valence-corrected chi connectivity index (χ1v) is 7.37. The SMILES string of the molecule is NC(c1cc(Cl)cc(Br)c1)c1ccc2cccnc2c1. The molecular formula is C16H12BrClN2. The molecule has 0 spiro atoms. The molecule has 0 fully saturated rings. The van der Waals surface area contributed by atoms with Crippen LogP contribution in [0.3, 0.4) is 0 Å². The molecule has 0 saturated heterocycles. The molecule has 3 aromatic rings. The van der Waals surface area contributed by atoms with Gasteiger partial charge in [0.05, 0.1) is 11.6 Å². The second-order valence-corrected chi connectivity index (χ2v) is 5.99. The number of rotatable bonds is 2. The first-order chi connectivity index (χ1) is 9.63. The molecule has 0 aliphatic heterocycles. The van der Waals surface area contributed by atoms with E-state index in [9.17, 15) is 0 Å². The Morgan fingerprint density at radius 2 is 1.90 bits per heavy atom. The fourth-order valence-corrected chi connectivity index (χ4v) is 3.11. The van der Waals surface area contributed by atoms with E-state index >= 15 is 0 Å². The predicted molar refractivity (Wildman–Crippen MR) is 86.9 cm³/mol. The summed E-state index contributed by atoms with van der Waals surface area (Å²) in [5, 5.41) is 1.78. The van der Waals surface area contributed by atoms with Crippen molar-refractivity contribution in [3.05, 3.63) is 75.4 Å². The first-order valence-electron chi connectivity index (χ1n) is 6.20. The van der Waals surface area contributed by atoms with Crippen molar-refractivity contribution in [3.63, 3.8) is 0 Å². The summed E-state index contributed by atoms with van der Waals surface area (Å²) < 4.78 is 0.925. The highest BCUT2D eigenvalue weighted by Gasteiger charge is 2.11. The largest absolute Gasteiger partial charge is 0.320 e. The van der Waals surface area contributed by atoms with Crippen LogP contribution in [0.25, 0.3) is 10.9 Å². The lowest BCUT2D eigenvalue weighted by Gasteiger charge is -2.14. The van der Waals surface area contributed by atoms with E-state index in [1.54, 1.807) is 6.20 Å². The summed E-state index contributed by atoms with van der Waals surface area (Å²) in [4.78, 5) is 4.36. The monoisotopic (exact) mass is 346 g/mol. The Kier molecular flexibility index (Phi) is 3.74. The van der Waals surface area contributed by atoms with Gasteiger partial charge < -0.3 is 5.73 Å². The second kappa shape index (κ2) is 5.52. The normalized spacial score (nSPS) is 12.6. The summed E-state index contributed by atoms with van der Waals surface area (Å²) in [6.45, 7) is 0. The van der Waals surface area contributed by atoms with Crippen LogP contribution in [0.1, 0.15) is 17.2 Å². The fraction of sp³-hybridized carbons (Fsp3) is 0.0625. The molecule has 3 rings (SSSR count). The van der Waals surface area contributed by atoms with Gasteiger partial charge in [-0.15, -0.1) is 0 Å². The zero-order valence-electron chi connectivity index (χ0n) is 10.6.